The summed E-state index contributed by atoms with van der Waals surface area (Å²) >= 11 is 6.09. The molecule has 1 aromatic carbocycles. The number of rotatable bonds is 4. The summed E-state index contributed by atoms with van der Waals surface area (Å²) in [5.41, 5.74) is 1.53. The van der Waals surface area contributed by atoms with Gasteiger partial charge < -0.3 is 0 Å². The van der Waals surface area contributed by atoms with E-state index in [1.165, 1.54) is 0 Å². The molecule has 1 aromatic rings. The van der Waals surface area contributed by atoms with E-state index in [0.29, 0.717) is 23.6 Å². The van der Waals surface area contributed by atoms with Gasteiger partial charge in [-0.25, -0.2) is 0 Å². The topological polar surface area (TPSA) is 50.8 Å². The molecule has 17 heavy (non-hydrogen) atoms. The van der Waals surface area contributed by atoms with Crippen molar-refractivity contribution in [2.75, 3.05) is 7.05 Å². The first-order valence-electron chi connectivity index (χ1n) is 5.34. The maximum absolute atomic E-state index is 8.74. The van der Waals surface area contributed by atoms with Gasteiger partial charge in [0, 0.05) is 17.6 Å². The molecule has 0 saturated carbocycles. The van der Waals surface area contributed by atoms with E-state index in [4.69, 9.17) is 22.1 Å². The Morgan fingerprint density at radius 3 is 2.65 bits per heavy atom. The van der Waals surface area contributed by atoms with E-state index in [1.54, 1.807) is 12.1 Å². The number of benzene rings is 1. The molecule has 0 spiro atoms. The largest absolute Gasteiger partial charge is 0.298 e. The molecule has 0 aliphatic rings. The van der Waals surface area contributed by atoms with Crippen LogP contribution in [-0.2, 0) is 6.54 Å². The summed E-state index contributed by atoms with van der Waals surface area (Å²) in [7, 11) is 1.95. The van der Waals surface area contributed by atoms with Gasteiger partial charge in [0.1, 0.15) is 0 Å². The minimum atomic E-state index is 0.187. The number of nitriles is 2. The minimum absolute atomic E-state index is 0.187. The fourth-order valence-electron chi connectivity index (χ4n) is 1.46. The number of nitrogens with zero attached hydrogens (tertiary/aromatic N) is 3. The third-order valence-corrected chi connectivity index (χ3v) is 3.09. The molecule has 0 fully saturated rings. The van der Waals surface area contributed by atoms with Crippen LogP contribution in [0.4, 0.5) is 0 Å². The standard InChI is InChI=1S/C13H14ClN3/c1-10(5-6-15)17(2)9-12-4-3-11(8-16)7-13(12)14/h3-4,7,10H,5,9H2,1-2H3. The molecule has 0 aromatic heterocycles. The first-order valence-corrected chi connectivity index (χ1v) is 5.72. The summed E-state index contributed by atoms with van der Waals surface area (Å²) < 4.78 is 0. The Bertz CT molecular complexity index is 471. The van der Waals surface area contributed by atoms with Gasteiger partial charge in [0.25, 0.3) is 0 Å². The Hall–Kier alpha value is -1.55. The molecule has 0 radical (unpaired) electrons. The van der Waals surface area contributed by atoms with Gasteiger partial charge in [0.15, 0.2) is 0 Å². The monoisotopic (exact) mass is 247 g/mol. The number of halogens is 1. The van der Waals surface area contributed by atoms with Crippen molar-refractivity contribution >= 4 is 11.6 Å². The van der Waals surface area contributed by atoms with Crippen LogP contribution >= 0.6 is 11.6 Å². The molecule has 3 nitrogen and oxygen atoms in total. The van der Waals surface area contributed by atoms with E-state index in [9.17, 15) is 0 Å². The summed E-state index contributed by atoms with van der Waals surface area (Å²) in [4.78, 5) is 2.07. The van der Waals surface area contributed by atoms with Crippen LogP contribution in [0.25, 0.3) is 0 Å². The summed E-state index contributed by atoms with van der Waals surface area (Å²) in [5, 5.41) is 18.0. The zero-order valence-corrected chi connectivity index (χ0v) is 10.7. The van der Waals surface area contributed by atoms with E-state index in [2.05, 4.69) is 17.0 Å². The van der Waals surface area contributed by atoms with Crippen molar-refractivity contribution in [1.82, 2.24) is 4.90 Å². The van der Waals surface area contributed by atoms with Gasteiger partial charge in [0.05, 0.1) is 24.1 Å². The molecule has 0 amide bonds. The summed E-state index contributed by atoms with van der Waals surface area (Å²) in [5.74, 6) is 0. The predicted molar refractivity (Wildman–Crippen MR) is 67.3 cm³/mol. The molecule has 0 saturated heterocycles. The minimum Gasteiger partial charge on any atom is -0.298 e. The van der Waals surface area contributed by atoms with E-state index in [0.717, 1.165) is 5.56 Å². The molecule has 4 heteroatoms. The van der Waals surface area contributed by atoms with Crippen LogP contribution in [0.15, 0.2) is 18.2 Å². The van der Waals surface area contributed by atoms with E-state index in [1.807, 2.05) is 20.0 Å². The van der Waals surface area contributed by atoms with Gasteiger partial charge in [-0.2, -0.15) is 10.5 Å². The van der Waals surface area contributed by atoms with Gasteiger partial charge in [-0.05, 0) is 31.7 Å². The first kappa shape index (κ1) is 13.5. The normalized spacial score (nSPS) is 11.9. The molecule has 0 aliphatic heterocycles. The van der Waals surface area contributed by atoms with Crippen LogP contribution < -0.4 is 0 Å². The lowest BCUT2D eigenvalue weighted by molar-refractivity contribution is 0.252. The smallest absolute Gasteiger partial charge is 0.0992 e. The summed E-state index contributed by atoms with van der Waals surface area (Å²) in [6.07, 6.45) is 0.490. The van der Waals surface area contributed by atoms with Crippen LogP contribution in [0.5, 0.6) is 0 Å². The van der Waals surface area contributed by atoms with Crippen molar-refractivity contribution in [3.63, 3.8) is 0 Å². The third-order valence-electron chi connectivity index (χ3n) is 2.74. The van der Waals surface area contributed by atoms with Crippen molar-refractivity contribution in [3.8, 4) is 12.1 Å². The van der Waals surface area contributed by atoms with Gasteiger partial charge in [-0.15, -0.1) is 0 Å². The molecule has 88 valence electrons. The number of hydrogen-bond acceptors (Lipinski definition) is 3. The van der Waals surface area contributed by atoms with Gasteiger partial charge in [-0.3, -0.25) is 4.90 Å². The predicted octanol–water partition coefficient (Wildman–Crippen LogP) is 2.95. The van der Waals surface area contributed by atoms with Gasteiger partial charge >= 0.3 is 0 Å². The number of hydrogen-bond donors (Lipinski definition) is 0. The van der Waals surface area contributed by atoms with E-state index in [-0.39, 0.29) is 6.04 Å². The van der Waals surface area contributed by atoms with Crippen molar-refractivity contribution in [2.45, 2.75) is 25.9 Å². The van der Waals surface area contributed by atoms with Gasteiger partial charge in [0.2, 0.25) is 0 Å². The van der Waals surface area contributed by atoms with Crippen molar-refractivity contribution < 1.29 is 0 Å². The van der Waals surface area contributed by atoms with E-state index >= 15 is 0 Å². The van der Waals surface area contributed by atoms with Crippen LogP contribution in [0.1, 0.15) is 24.5 Å². The molecule has 1 unspecified atom stereocenters. The van der Waals surface area contributed by atoms with Crippen LogP contribution in [0, 0.1) is 22.7 Å². The highest BCUT2D eigenvalue weighted by Gasteiger charge is 2.11. The first-order chi connectivity index (χ1) is 8.08. The molecule has 0 heterocycles. The average molecular weight is 248 g/mol. The second-order valence-electron chi connectivity index (χ2n) is 4.04. The molecule has 1 rings (SSSR count). The zero-order valence-electron chi connectivity index (χ0n) is 9.94. The van der Waals surface area contributed by atoms with Crippen molar-refractivity contribution in [2.24, 2.45) is 0 Å². The second-order valence-corrected chi connectivity index (χ2v) is 4.45. The van der Waals surface area contributed by atoms with E-state index < -0.39 is 0 Å². The van der Waals surface area contributed by atoms with Crippen molar-refractivity contribution in [3.05, 3.63) is 34.3 Å². The third kappa shape index (κ3) is 3.75. The van der Waals surface area contributed by atoms with Crippen LogP contribution in [0.3, 0.4) is 0 Å². The highest BCUT2D eigenvalue weighted by molar-refractivity contribution is 6.31. The Morgan fingerprint density at radius 2 is 2.12 bits per heavy atom. The molecular formula is C13H14ClN3. The maximum Gasteiger partial charge on any atom is 0.0992 e. The van der Waals surface area contributed by atoms with Crippen molar-refractivity contribution in [1.29, 1.82) is 10.5 Å². The lowest BCUT2D eigenvalue weighted by Gasteiger charge is -2.23. The Kier molecular flexibility index (Phi) is 4.97. The van der Waals surface area contributed by atoms with Crippen LogP contribution in [-0.4, -0.2) is 18.0 Å². The highest BCUT2D eigenvalue weighted by Crippen LogP contribution is 2.20. The molecule has 0 bridgehead atoms. The fourth-order valence-corrected chi connectivity index (χ4v) is 1.70. The molecule has 0 N–H and O–H groups in total. The Morgan fingerprint density at radius 1 is 1.41 bits per heavy atom. The maximum atomic E-state index is 8.74. The Balaban J connectivity index is 2.76. The zero-order chi connectivity index (χ0) is 12.8. The summed E-state index contributed by atoms with van der Waals surface area (Å²) in [6, 6.07) is 9.66. The second kappa shape index (κ2) is 6.25. The highest BCUT2D eigenvalue weighted by atomic mass is 35.5. The molecule has 0 aliphatic carbocycles. The average Bonchev–Trinajstić information content (AvgIpc) is 2.31. The molecular weight excluding hydrogens is 234 g/mol. The van der Waals surface area contributed by atoms with Gasteiger partial charge in [-0.1, -0.05) is 17.7 Å². The fraction of sp³-hybridized carbons (Fsp3) is 0.385. The lowest BCUT2D eigenvalue weighted by Crippen LogP contribution is -2.28. The Labute approximate surface area is 107 Å². The quantitative estimate of drug-likeness (QED) is 0.822. The summed E-state index contributed by atoms with van der Waals surface area (Å²) in [6.45, 7) is 2.67. The molecule has 1 atom stereocenters. The lowest BCUT2D eigenvalue weighted by atomic mass is 10.1. The SMILES string of the molecule is CC(CC#N)N(C)Cc1ccc(C#N)cc1Cl. The van der Waals surface area contributed by atoms with Crippen LogP contribution in [0.2, 0.25) is 5.02 Å².